The average Bonchev–Trinajstić information content (AvgIpc) is 3.04. The quantitative estimate of drug-likeness (QED) is 0.240. The second-order valence-electron chi connectivity index (χ2n) is 7.02. The molecule has 1 amide bonds. The molecule has 1 N–H and O–H groups in total. The molecule has 162 valence electrons. The molecule has 1 atom stereocenters. The van der Waals surface area contributed by atoms with Crippen LogP contribution >= 0.6 is 39.1 Å². The number of para-hydroxylation sites is 1. The number of hydrogen-bond donors (Lipinski definition) is 1. The summed E-state index contributed by atoms with van der Waals surface area (Å²) in [6, 6.07) is 18.0. The van der Waals surface area contributed by atoms with Crippen LogP contribution in [0.3, 0.4) is 0 Å². The Bertz CT molecular complexity index is 1240. The predicted octanol–water partition coefficient (Wildman–Crippen LogP) is 6.39. The molecule has 1 aliphatic rings. The van der Waals surface area contributed by atoms with Crippen LogP contribution in [0.2, 0.25) is 10.0 Å². The Balaban J connectivity index is 2.00. The van der Waals surface area contributed by atoms with E-state index in [9.17, 15) is 14.7 Å². The number of ether oxygens (including phenoxy) is 1. The van der Waals surface area contributed by atoms with Gasteiger partial charge in [0, 0.05) is 15.2 Å². The van der Waals surface area contributed by atoms with Gasteiger partial charge in [-0.1, -0.05) is 69.5 Å². The molecule has 0 spiro atoms. The molecule has 0 radical (unpaired) electrons. The molecule has 5 nitrogen and oxygen atoms in total. The van der Waals surface area contributed by atoms with Crippen molar-refractivity contribution in [1.29, 1.82) is 0 Å². The predicted molar refractivity (Wildman–Crippen MR) is 128 cm³/mol. The van der Waals surface area contributed by atoms with Gasteiger partial charge < -0.3 is 9.84 Å². The highest BCUT2D eigenvalue weighted by molar-refractivity contribution is 9.10. The molecule has 1 fully saturated rings. The number of ketones is 1. The van der Waals surface area contributed by atoms with Crippen molar-refractivity contribution >= 4 is 62.3 Å². The van der Waals surface area contributed by atoms with Gasteiger partial charge in [0.1, 0.15) is 11.5 Å². The van der Waals surface area contributed by atoms with Crippen LogP contribution in [0.1, 0.15) is 17.2 Å². The van der Waals surface area contributed by atoms with Gasteiger partial charge in [-0.05, 0) is 42.0 Å². The van der Waals surface area contributed by atoms with Crippen molar-refractivity contribution in [3.05, 3.63) is 97.9 Å². The standard InChI is InChI=1S/C24H16BrCl2NO4/c1-32-23-17(11-15(26)12-18(23)27)21(29)19-20(13-7-9-14(25)10-8-13)28(24(31)22(19)30)16-5-3-2-4-6-16/h2-12,20,29H,1H3/b21-19+. The summed E-state index contributed by atoms with van der Waals surface area (Å²) < 4.78 is 6.18. The van der Waals surface area contributed by atoms with Crippen LogP contribution in [-0.4, -0.2) is 23.9 Å². The van der Waals surface area contributed by atoms with E-state index < -0.39 is 23.5 Å². The molecule has 0 saturated carbocycles. The summed E-state index contributed by atoms with van der Waals surface area (Å²) in [4.78, 5) is 27.7. The molecule has 0 bridgehead atoms. The van der Waals surface area contributed by atoms with E-state index >= 15 is 0 Å². The van der Waals surface area contributed by atoms with E-state index in [2.05, 4.69) is 15.9 Å². The van der Waals surface area contributed by atoms with Gasteiger partial charge in [0.25, 0.3) is 11.7 Å². The number of rotatable bonds is 4. The first-order valence-electron chi connectivity index (χ1n) is 9.48. The minimum Gasteiger partial charge on any atom is -0.507 e. The van der Waals surface area contributed by atoms with Crippen molar-refractivity contribution in [3.63, 3.8) is 0 Å². The van der Waals surface area contributed by atoms with Crippen LogP contribution in [-0.2, 0) is 9.59 Å². The fourth-order valence-electron chi connectivity index (χ4n) is 3.74. The lowest BCUT2D eigenvalue weighted by Gasteiger charge is -2.25. The number of methoxy groups -OCH3 is 1. The maximum atomic E-state index is 13.2. The molecular formula is C24H16BrCl2NO4. The first-order valence-corrected chi connectivity index (χ1v) is 11.0. The zero-order valence-corrected chi connectivity index (χ0v) is 19.8. The Morgan fingerprint density at radius 3 is 2.31 bits per heavy atom. The van der Waals surface area contributed by atoms with Crippen LogP contribution in [0.25, 0.3) is 5.76 Å². The maximum absolute atomic E-state index is 13.2. The Kier molecular flexibility index (Phi) is 6.29. The van der Waals surface area contributed by atoms with Crippen molar-refractivity contribution in [2.45, 2.75) is 6.04 Å². The number of amides is 1. The summed E-state index contributed by atoms with van der Waals surface area (Å²) in [7, 11) is 1.39. The SMILES string of the molecule is COc1c(Cl)cc(Cl)cc1/C(O)=C1\C(=O)C(=O)N(c2ccccc2)C1c1ccc(Br)cc1. The van der Waals surface area contributed by atoms with Crippen LogP contribution < -0.4 is 9.64 Å². The molecule has 0 aromatic heterocycles. The molecule has 1 unspecified atom stereocenters. The zero-order chi connectivity index (χ0) is 23.0. The number of halogens is 3. The maximum Gasteiger partial charge on any atom is 0.300 e. The third-order valence-electron chi connectivity index (χ3n) is 5.13. The van der Waals surface area contributed by atoms with Crippen LogP contribution in [0.4, 0.5) is 5.69 Å². The Labute approximate surface area is 203 Å². The largest absolute Gasteiger partial charge is 0.507 e. The van der Waals surface area contributed by atoms with Crippen molar-refractivity contribution in [1.82, 2.24) is 0 Å². The fraction of sp³-hybridized carbons (Fsp3) is 0.0833. The molecule has 1 aliphatic heterocycles. The van der Waals surface area contributed by atoms with Gasteiger partial charge in [-0.25, -0.2) is 0 Å². The molecule has 8 heteroatoms. The molecule has 3 aromatic carbocycles. The number of aliphatic hydroxyl groups excluding tert-OH is 1. The number of carbonyl (C=O) groups is 2. The van der Waals surface area contributed by atoms with E-state index in [4.69, 9.17) is 27.9 Å². The molecular weight excluding hydrogens is 517 g/mol. The lowest BCUT2D eigenvalue weighted by atomic mass is 9.95. The van der Waals surface area contributed by atoms with E-state index in [0.717, 1.165) is 4.47 Å². The molecule has 4 rings (SSSR count). The number of aliphatic hydroxyl groups is 1. The van der Waals surface area contributed by atoms with E-state index in [1.54, 1.807) is 48.5 Å². The van der Waals surface area contributed by atoms with Crippen molar-refractivity contribution in [2.75, 3.05) is 12.0 Å². The first-order chi connectivity index (χ1) is 15.3. The fourth-order valence-corrected chi connectivity index (χ4v) is 4.57. The van der Waals surface area contributed by atoms with E-state index in [1.807, 2.05) is 6.07 Å². The summed E-state index contributed by atoms with van der Waals surface area (Å²) in [5.41, 5.74) is 1.21. The number of carbonyl (C=O) groups excluding carboxylic acids is 2. The second kappa shape index (κ2) is 8.98. The molecule has 0 aliphatic carbocycles. The van der Waals surface area contributed by atoms with Gasteiger partial charge in [0.05, 0.1) is 29.3 Å². The first kappa shape index (κ1) is 22.4. The highest BCUT2D eigenvalue weighted by atomic mass is 79.9. The number of nitrogens with zero attached hydrogens (tertiary/aromatic N) is 1. The molecule has 1 saturated heterocycles. The minimum absolute atomic E-state index is 0.0854. The van der Waals surface area contributed by atoms with E-state index in [0.29, 0.717) is 11.3 Å². The Morgan fingerprint density at radius 1 is 1.03 bits per heavy atom. The van der Waals surface area contributed by atoms with Crippen molar-refractivity contribution < 1.29 is 19.4 Å². The third-order valence-corrected chi connectivity index (χ3v) is 6.16. The summed E-state index contributed by atoms with van der Waals surface area (Å²) in [5.74, 6) is -1.85. The van der Waals surface area contributed by atoms with Crippen LogP contribution in [0.15, 0.2) is 76.8 Å². The molecule has 1 heterocycles. The van der Waals surface area contributed by atoms with Crippen molar-refractivity contribution in [3.8, 4) is 5.75 Å². The summed E-state index contributed by atoms with van der Waals surface area (Å²) in [5, 5.41) is 11.7. The van der Waals surface area contributed by atoms with Crippen LogP contribution in [0, 0.1) is 0 Å². The summed E-state index contributed by atoms with van der Waals surface area (Å²) >= 11 is 15.8. The second-order valence-corrected chi connectivity index (χ2v) is 8.78. The Hall–Kier alpha value is -2.80. The van der Waals surface area contributed by atoms with Gasteiger partial charge in [0.15, 0.2) is 0 Å². The minimum atomic E-state index is -0.868. The highest BCUT2D eigenvalue weighted by Crippen LogP contribution is 2.45. The van der Waals surface area contributed by atoms with Gasteiger partial charge >= 0.3 is 0 Å². The van der Waals surface area contributed by atoms with E-state index in [1.165, 1.54) is 24.1 Å². The number of hydrogen-bond acceptors (Lipinski definition) is 4. The third kappa shape index (κ3) is 3.90. The smallest absolute Gasteiger partial charge is 0.300 e. The van der Waals surface area contributed by atoms with Gasteiger partial charge in [-0.15, -0.1) is 0 Å². The van der Waals surface area contributed by atoms with Crippen molar-refractivity contribution in [2.24, 2.45) is 0 Å². The number of benzene rings is 3. The van der Waals surface area contributed by atoms with Gasteiger partial charge in [0.2, 0.25) is 0 Å². The van der Waals surface area contributed by atoms with Crippen LogP contribution in [0.5, 0.6) is 5.75 Å². The molecule has 3 aromatic rings. The van der Waals surface area contributed by atoms with Gasteiger partial charge in [-0.3, -0.25) is 14.5 Å². The lowest BCUT2D eigenvalue weighted by Crippen LogP contribution is -2.29. The summed E-state index contributed by atoms with van der Waals surface area (Å²) in [6.07, 6.45) is 0. The monoisotopic (exact) mass is 531 g/mol. The summed E-state index contributed by atoms with van der Waals surface area (Å²) in [6.45, 7) is 0. The molecule has 32 heavy (non-hydrogen) atoms. The highest BCUT2D eigenvalue weighted by Gasteiger charge is 2.47. The van der Waals surface area contributed by atoms with Gasteiger partial charge in [-0.2, -0.15) is 0 Å². The van der Waals surface area contributed by atoms with E-state index in [-0.39, 0.29) is 26.9 Å². The Morgan fingerprint density at radius 2 is 1.69 bits per heavy atom. The normalized spacial score (nSPS) is 17.6. The number of Topliss-reactive ketones (excluding diaryl/α,β-unsaturated/α-hetero) is 1. The zero-order valence-electron chi connectivity index (χ0n) is 16.7. The average molecular weight is 533 g/mol. The number of anilines is 1. The topological polar surface area (TPSA) is 66.8 Å². The lowest BCUT2D eigenvalue weighted by molar-refractivity contribution is -0.132.